The Morgan fingerprint density at radius 1 is 1.00 bits per heavy atom. The van der Waals surface area contributed by atoms with Gasteiger partial charge in [-0.25, -0.2) is 13.8 Å². The lowest BCUT2D eigenvalue weighted by Gasteiger charge is -2.61. The van der Waals surface area contributed by atoms with Crippen molar-refractivity contribution in [3.8, 4) is 11.1 Å². The minimum absolute atomic E-state index is 0.0170. The molecule has 4 aliphatic carbocycles. The Labute approximate surface area is 308 Å². The number of nitrogens with zero attached hydrogens (tertiary/aromatic N) is 4. The maximum Gasteiger partial charge on any atom is 0.167 e. The number of methoxy groups -OCH3 is 1. The maximum absolute atomic E-state index is 15.4. The quantitative estimate of drug-likeness (QED) is 0.219. The van der Waals surface area contributed by atoms with Crippen molar-refractivity contribution in [1.82, 2.24) is 19.6 Å². The molecule has 4 heterocycles. The van der Waals surface area contributed by atoms with E-state index in [4.69, 9.17) is 20.4 Å². The van der Waals surface area contributed by atoms with Crippen molar-refractivity contribution in [3.05, 3.63) is 106 Å². The summed E-state index contributed by atoms with van der Waals surface area (Å²) in [5, 5.41) is 29.3. The van der Waals surface area contributed by atoms with Crippen LogP contribution in [0, 0.1) is 36.8 Å². The molecule has 9 nitrogen and oxygen atoms in total. The van der Waals surface area contributed by atoms with Crippen LogP contribution in [-0.4, -0.2) is 74.9 Å². The molecule has 10 rings (SSSR count). The predicted octanol–water partition coefficient (Wildman–Crippen LogP) is 6.71. The lowest BCUT2D eigenvalue weighted by atomic mass is 9.46. The Kier molecular flexibility index (Phi) is 7.04. The molecular weight excluding hydrogens is 678 g/mol. The molecule has 1 unspecified atom stereocenters. The third-order valence-corrected chi connectivity index (χ3v) is 13.7. The molecule has 53 heavy (non-hydrogen) atoms. The van der Waals surface area contributed by atoms with Gasteiger partial charge in [-0.1, -0.05) is 41.6 Å². The first-order valence-electron chi connectivity index (χ1n) is 19.4. The van der Waals surface area contributed by atoms with Gasteiger partial charge in [0.2, 0.25) is 0 Å². The molecule has 2 saturated heterocycles. The van der Waals surface area contributed by atoms with E-state index in [1.165, 1.54) is 6.07 Å². The number of likely N-dealkylation sites (tertiary alicyclic amines) is 1. The normalized spacial score (nSPS) is 36.3. The molecule has 6 aliphatic rings. The fourth-order valence-corrected chi connectivity index (χ4v) is 11.5. The standard InChI is InChI=1S/C42H44F2N4O5/c1-22-37(23(2)52-46-22)24-5-14-33-32(19-24)45-39(48(33)27-8-10-28(51-4)11-9-27)42-36(50)16-12-29-34-20-25-6-15-35(49)41(53-42,26-7-13-30(43)31(44)21-26)38(25)40(29,42)17-18-47(34)3/h5-7,12-16,19,21,27-29,34-36,49-50H,8-11,17-18,20H2,1-4H3/t27?,28?,29-,34+,35-,36-,40-,41?,42+/m0/s1/i4D. The molecular formula is C42H44F2N4O5. The number of imidazole rings is 1. The number of hydrogen-bond donors (Lipinski definition) is 2. The molecule has 11 heteroatoms. The van der Waals surface area contributed by atoms with Crippen LogP contribution in [0.3, 0.4) is 0 Å². The number of rotatable bonds is 5. The van der Waals surface area contributed by atoms with Crippen molar-refractivity contribution < 1.29 is 34.4 Å². The lowest BCUT2D eigenvalue weighted by Crippen LogP contribution is -2.66. The molecule has 7 atom stereocenters. The van der Waals surface area contributed by atoms with Gasteiger partial charge in [0.05, 0.1) is 24.2 Å². The highest BCUT2D eigenvalue weighted by Gasteiger charge is 2.80. The number of aliphatic hydroxyl groups is 2. The van der Waals surface area contributed by atoms with Crippen molar-refractivity contribution >= 4 is 11.0 Å². The summed E-state index contributed by atoms with van der Waals surface area (Å²) in [5.74, 6) is -0.910. The smallest absolute Gasteiger partial charge is 0.167 e. The topological polar surface area (TPSA) is 106 Å². The van der Waals surface area contributed by atoms with Gasteiger partial charge in [0.15, 0.2) is 17.2 Å². The number of aromatic nitrogens is 3. The summed E-state index contributed by atoms with van der Waals surface area (Å²) in [7, 11) is 2.04. The van der Waals surface area contributed by atoms with Gasteiger partial charge in [0, 0.05) is 36.1 Å². The molecule has 2 bridgehead atoms. The SMILES string of the molecule is [2H]COC1CCC(n2c([C@]34OC5(c6ccc(F)c(F)c6)C6=C(C=C[C@@H]5O)C[C@@H]5[C@H](C=C[C@@H]3O)[C@@]64CCN5C)nc3cc(-c4c(C)noc4C)ccc32)CC1. The molecule has 3 fully saturated rings. The minimum atomic E-state index is -1.63. The fourth-order valence-electron chi connectivity index (χ4n) is 11.5. The van der Waals surface area contributed by atoms with Gasteiger partial charge in [-0.15, -0.1) is 0 Å². The van der Waals surface area contributed by atoms with E-state index in [-0.39, 0.29) is 31.2 Å². The van der Waals surface area contributed by atoms with Crippen LogP contribution in [0.15, 0.2) is 76.4 Å². The van der Waals surface area contributed by atoms with E-state index in [9.17, 15) is 14.6 Å². The zero-order valence-corrected chi connectivity index (χ0v) is 30.1. The van der Waals surface area contributed by atoms with Crippen LogP contribution in [0.2, 0.25) is 0 Å². The van der Waals surface area contributed by atoms with Gasteiger partial charge in [-0.2, -0.15) is 0 Å². The molecule has 276 valence electrons. The van der Waals surface area contributed by atoms with Gasteiger partial charge in [-0.05, 0) is 113 Å². The van der Waals surface area contributed by atoms with Gasteiger partial charge in [-0.3, -0.25) is 0 Å². The number of piperidine rings is 1. The molecule has 2 aromatic heterocycles. The average molecular weight is 724 g/mol. The van der Waals surface area contributed by atoms with Gasteiger partial charge < -0.3 is 33.7 Å². The highest BCUT2D eigenvalue weighted by atomic mass is 19.2. The molecule has 2 aliphatic heterocycles. The van der Waals surface area contributed by atoms with Crippen LogP contribution in [0.1, 0.15) is 68.8 Å². The van der Waals surface area contributed by atoms with E-state index in [1.54, 1.807) is 6.08 Å². The third-order valence-electron chi connectivity index (χ3n) is 13.7. The van der Waals surface area contributed by atoms with Crippen molar-refractivity contribution in [2.24, 2.45) is 11.3 Å². The fraction of sp³-hybridized carbons (Fsp3) is 0.476. The number of fused-ring (bicyclic) bond motifs is 1. The predicted molar refractivity (Wildman–Crippen MR) is 193 cm³/mol. The number of hydrogen-bond acceptors (Lipinski definition) is 8. The zero-order chi connectivity index (χ0) is 37.3. The van der Waals surface area contributed by atoms with Crippen LogP contribution >= 0.6 is 0 Å². The first kappa shape index (κ1) is 32.4. The number of benzene rings is 2. The number of aryl methyl sites for hydroxylation is 2. The molecule has 0 amide bonds. The second kappa shape index (κ2) is 11.5. The van der Waals surface area contributed by atoms with E-state index in [2.05, 4.69) is 39.9 Å². The summed E-state index contributed by atoms with van der Waals surface area (Å²) in [6, 6.07) is 9.93. The molecule has 0 radical (unpaired) electrons. The van der Waals surface area contributed by atoms with E-state index in [0.717, 1.165) is 71.3 Å². The summed E-state index contributed by atoms with van der Waals surface area (Å²) in [4.78, 5) is 7.89. The summed E-state index contributed by atoms with van der Waals surface area (Å²) in [6.45, 7) is 4.50. The Bertz CT molecular complexity index is 2270. The number of halogens is 2. The van der Waals surface area contributed by atoms with Crippen molar-refractivity contribution in [3.63, 3.8) is 0 Å². The van der Waals surface area contributed by atoms with Crippen LogP contribution in [0.4, 0.5) is 8.78 Å². The van der Waals surface area contributed by atoms with Crippen molar-refractivity contribution in [1.29, 1.82) is 0 Å². The maximum atomic E-state index is 15.4. The Hall–Kier alpha value is -4.00. The van der Waals surface area contributed by atoms with Crippen LogP contribution in [0.5, 0.6) is 0 Å². The van der Waals surface area contributed by atoms with Crippen molar-refractivity contribution in [2.75, 3.05) is 20.7 Å². The number of ether oxygens (including phenoxy) is 2. The van der Waals surface area contributed by atoms with Crippen LogP contribution < -0.4 is 0 Å². The Balaban J connectivity index is 1.28. The van der Waals surface area contributed by atoms with E-state index in [1.807, 2.05) is 32.1 Å². The average Bonchev–Trinajstić information content (AvgIpc) is 3.81. The van der Waals surface area contributed by atoms with E-state index < -0.39 is 40.5 Å². The summed E-state index contributed by atoms with van der Waals surface area (Å²) >= 11 is 0. The second-order valence-electron chi connectivity index (χ2n) is 16.0. The Morgan fingerprint density at radius 2 is 1.83 bits per heavy atom. The second-order valence-corrected chi connectivity index (χ2v) is 16.0. The van der Waals surface area contributed by atoms with Gasteiger partial charge in [0.25, 0.3) is 0 Å². The Morgan fingerprint density at radius 3 is 2.58 bits per heavy atom. The molecule has 2 aromatic carbocycles. The third kappa shape index (κ3) is 4.17. The summed E-state index contributed by atoms with van der Waals surface area (Å²) in [5.41, 5.74) is 2.20. The summed E-state index contributed by atoms with van der Waals surface area (Å²) in [6.07, 6.45) is 9.41. The summed E-state index contributed by atoms with van der Waals surface area (Å²) < 4.78 is 58.9. The first-order chi connectivity index (χ1) is 26.0. The molecule has 2 N–H and O–H groups in total. The molecule has 1 saturated carbocycles. The highest BCUT2D eigenvalue weighted by Crippen LogP contribution is 2.76. The highest BCUT2D eigenvalue weighted by molar-refractivity contribution is 5.84. The largest absolute Gasteiger partial charge is 0.385 e. The van der Waals surface area contributed by atoms with E-state index in [0.29, 0.717) is 42.1 Å². The van der Waals surface area contributed by atoms with Crippen molar-refractivity contribution in [2.45, 2.75) is 94.0 Å². The van der Waals surface area contributed by atoms with Crippen LogP contribution in [-0.2, 0) is 20.7 Å². The minimum Gasteiger partial charge on any atom is -0.385 e. The van der Waals surface area contributed by atoms with E-state index >= 15 is 4.39 Å². The number of aliphatic hydroxyl groups excluding tert-OH is 2. The van der Waals surface area contributed by atoms with Gasteiger partial charge >= 0.3 is 0 Å². The number of allylic oxidation sites excluding steroid dienone is 1. The zero-order valence-electron chi connectivity index (χ0n) is 31.1. The lowest BCUT2D eigenvalue weighted by molar-refractivity contribution is -0.227. The monoisotopic (exact) mass is 723 g/mol. The first-order valence-corrected chi connectivity index (χ1v) is 18.7. The molecule has 4 aromatic rings. The molecule has 1 spiro atoms. The van der Waals surface area contributed by atoms with Crippen LogP contribution in [0.25, 0.3) is 22.2 Å². The van der Waals surface area contributed by atoms with Gasteiger partial charge in [0.1, 0.15) is 29.4 Å².